The Morgan fingerprint density at radius 3 is 2.48 bits per heavy atom. The molecule has 0 aliphatic heterocycles. The molecule has 2 aromatic carbocycles. The van der Waals surface area contributed by atoms with Crippen LogP contribution in [-0.4, -0.2) is 17.4 Å². The van der Waals surface area contributed by atoms with Crippen molar-refractivity contribution in [3.05, 3.63) is 75.3 Å². The van der Waals surface area contributed by atoms with Crippen molar-refractivity contribution >= 4 is 28.8 Å². The lowest BCUT2D eigenvalue weighted by molar-refractivity contribution is 0.0954. The van der Waals surface area contributed by atoms with E-state index in [-0.39, 0.29) is 5.91 Å². The molecular formula is C20H19ClN2OS. The molecule has 0 atom stereocenters. The van der Waals surface area contributed by atoms with E-state index >= 15 is 0 Å². The van der Waals surface area contributed by atoms with Gasteiger partial charge in [-0.2, -0.15) is 0 Å². The normalized spacial score (nSPS) is 10.7. The summed E-state index contributed by atoms with van der Waals surface area (Å²) < 4.78 is 0. The average Bonchev–Trinajstić information content (AvgIpc) is 3.03. The van der Waals surface area contributed by atoms with Crippen LogP contribution in [0.2, 0.25) is 5.02 Å². The maximum atomic E-state index is 12.3. The molecule has 3 nitrogen and oxygen atoms in total. The molecule has 3 rings (SSSR count). The Labute approximate surface area is 156 Å². The molecule has 0 spiro atoms. The SMILES string of the molecule is Cc1cc(C)cc(C(=O)NCCc2csc(-c3ccc(Cl)cc3)n2)c1. The second-order valence-corrected chi connectivity index (χ2v) is 7.33. The van der Waals surface area contributed by atoms with Crippen molar-refractivity contribution in [2.24, 2.45) is 0 Å². The second kappa shape index (κ2) is 7.81. The van der Waals surface area contributed by atoms with Crippen LogP contribution in [0.5, 0.6) is 0 Å². The molecule has 3 aromatic rings. The highest BCUT2D eigenvalue weighted by atomic mass is 35.5. The van der Waals surface area contributed by atoms with Gasteiger partial charge in [-0.3, -0.25) is 4.79 Å². The van der Waals surface area contributed by atoms with E-state index in [2.05, 4.69) is 16.4 Å². The Morgan fingerprint density at radius 2 is 1.80 bits per heavy atom. The van der Waals surface area contributed by atoms with Gasteiger partial charge in [0.15, 0.2) is 0 Å². The third-order valence-corrected chi connectivity index (χ3v) is 4.99. The summed E-state index contributed by atoms with van der Waals surface area (Å²) in [5, 5.41) is 6.68. The lowest BCUT2D eigenvalue weighted by atomic mass is 10.1. The molecule has 0 bridgehead atoms. The van der Waals surface area contributed by atoms with Crippen LogP contribution in [0.15, 0.2) is 47.8 Å². The minimum Gasteiger partial charge on any atom is -0.352 e. The molecule has 0 aliphatic rings. The molecule has 0 radical (unpaired) electrons. The summed E-state index contributed by atoms with van der Waals surface area (Å²) in [5.41, 5.74) is 4.93. The quantitative estimate of drug-likeness (QED) is 0.682. The number of rotatable bonds is 5. The van der Waals surface area contributed by atoms with E-state index in [1.54, 1.807) is 11.3 Å². The third-order valence-electron chi connectivity index (χ3n) is 3.79. The molecule has 0 aliphatic carbocycles. The summed E-state index contributed by atoms with van der Waals surface area (Å²) in [6.45, 7) is 4.56. The number of hydrogen-bond acceptors (Lipinski definition) is 3. The lowest BCUT2D eigenvalue weighted by Gasteiger charge is -2.06. The first-order valence-electron chi connectivity index (χ1n) is 8.08. The molecule has 1 N–H and O–H groups in total. The lowest BCUT2D eigenvalue weighted by Crippen LogP contribution is -2.25. The largest absolute Gasteiger partial charge is 0.352 e. The van der Waals surface area contributed by atoms with Gasteiger partial charge in [0.05, 0.1) is 5.69 Å². The molecule has 1 heterocycles. The first-order valence-corrected chi connectivity index (χ1v) is 9.34. The molecule has 25 heavy (non-hydrogen) atoms. The molecule has 0 unspecified atom stereocenters. The summed E-state index contributed by atoms with van der Waals surface area (Å²) >= 11 is 7.52. The predicted octanol–water partition coefficient (Wildman–Crippen LogP) is 5.05. The Balaban J connectivity index is 1.57. The Bertz CT molecular complexity index is 867. The average molecular weight is 371 g/mol. The van der Waals surface area contributed by atoms with E-state index in [0.29, 0.717) is 18.5 Å². The van der Waals surface area contributed by atoms with Crippen LogP contribution in [0, 0.1) is 13.8 Å². The minimum atomic E-state index is -0.0417. The van der Waals surface area contributed by atoms with Crippen LogP contribution < -0.4 is 5.32 Å². The number of benzene rings is 2. The van der Waals surface area contributed by atoms with Crippen molar-refractivity contribution in [3.8, 4) is 10.6 Å². The van der Waals surface area contributed by atoms with E-state index in [1.165, 1.54) is 0 Å². The molecule has 1 aromatic heterocycles. The maximum Gasteiger partial charge on any atom is 0.251 e. The molecular weight excluding hydrogens is 352 g/mol. The number of carbonyl (C=O) groups is 1. The highest BCUT2D eigenvalue weighted by molar-refractivity contribution is 7.13. The highest BCUT2D eigenvalue weighted by Gasteiger charge is 2.08. The van der Waals surface area contributed by atoms with E-state index in [4.69, 9.17) is 11.6 Å². The third kappa shape index (κ3) is 4.68. The van der Waals surface area contributed by atoms with Gasteiger partial charge in [0.2, 0.25) is 0 Å². The van der Waals surface area contributed by atoms with Crippen molar-refractivity contribution in [2.45, 2.75) is 20.3 Å². The molecule has 5 heteroatoms. The number of nitrogens with one attached hydrogen (secondary N) is 1. The van der Waals surface area contributed by atoms with Crippen molar-refractivity contribution in [1.82, 2.24) is 10.3 Å². The van der Waals surface area contributed by atoms with Crippen LogP contribution >= 0.6 is 22.9 Å². The number of thiazole rings is 1. The molecule has 0 saturated heterocycles. The first kappa shape index (κ1) is 17.6. The summed E-state index contributed by atoms with van der Waals surface area (Å²) in [7, 11) is 0. The van der Waals surface area contributed by atoms with Gasteiger partial charge in [-0.15, -0.1) is 11.3 Å². The number of halogens is 1. The monoisotopic (exact) mass is 370 g/mol. The van der Waals surface area contributed by atoms with E-state index in [9.17, 15) is 4.79 Å². The molecule has 0 fully saturated rings. The van der Waals surface area contributed by atoms with Gasteiger partial charge in [0.1, 0.15) is 5.01 Å². The fourth-order valence-electron chi connectivity index (χ4n) is 2.66. The van der Waals surface area contributed by atoms with Crippen LogP contribution in [0.1, 0.15) is 27.2 Å². The highest BCUT2D eigenvalue weighted by Crippen LogP contribution is 2.25. The summed E-state index contributed by atoms with van der Waals surface area (Å²) in [6.07, 6.45) is 0.709. The molecule has 1 amide bonds. The Hall–Kier alpha value is -2.17. The van der Waals surface area contributed by atoms with Crippen molar-refractivity contribution < 1.29 is 4.79 Å². The molecule has 0 saturated carbocycles. The zero-order chi connectivity index (χ0) is 17.8. The van der Waals surface area contributed by atoms with E-state index < -0.39 is 0 Å². The van der Waals surface area contributed by atoms with Gasteiger partial charge < -0.3 is 5.32 Å². The van der Waals surface area contributed by atoms with Crippen molar-refractivity contribution in [1.29, 1.82) is 0 Å². The summed E-state index contributed by atoms with van der Waals surface area (Å²) in [6, 6.07) is 13.5. The van der Waals surface area contributed by atoms with Gasteiger partial charge in [0, 0.05) is 34.5 Å². The van der Waals surface area contributed by atoms with Gasteiger partial charge in [-0.25, -0.2) is 4.98 Å². The van der Waals surface area contributed by atoms with Gasteiger partial charge >= 0.3 is 0 Å². The summed E-state index contributed by atoms with van der Waals surface area (Å²) in [5.74, 6) is -0.0417. The Morgan fingerprint density at radius 1 is 1.12 bits per heavy atom. The fraction of sp³-hybridized carbons (Fsp3) is 0.200. The predicted molar refractivity (Wildman–Crippen MR) is 105 cm³/mol. The Kier molecular flexibility index (Phi) is 5.51. The van der Waals surface area contributed by atoms with Crippen LogP contribution in [0.25, 0.3) is 10.6 Å². The standard InChI is InChI=1S/C20H19ClN2OS/c1-13-9-14(2)11-16(10-13)19(24)22-8-7-18-12-25-20(23-18)15-3-5-17(21)6-4-15/h3-6,9-12H,7-8H2,1-2H3,(H,22,24). The van der Waals surface area contributed by atoms with Crippen molar-refractivity contribution in [2.75, 3.05) is 6.54 Å². The van der Waals surface area contributed by atoms with Gasteiger partial charge in [-0.05, 0) is 38.1 Å². The minimum absolute atomic E-state index is 0.0417. The molecule has 128 valence electrons. The first-order chi connectivity index (χ1) is 12.0. The topological polar surface area (TPSA) is 42.0 Å². The fourth-order valence-corrected chi connectivity index (χ4v) is 3.65. The van der Waals surface area contributed by atoms with E-state index in [0.717, 1.165) is 32.4 Å². The number of aryl methyl sites for hydroxylation is 2. The zero-order valence-electron chi connectivity index (χ0n) is 14.2. The zero-order valence-corrected chi connectivity index (χ0v) is 15.7. The number of hydrogen-bond donors (Lipinski definition) is 1. The van der Waals surface area contributed by atoms with Gasteiger partial charge in [0.25, 0.3) is 5.91 Å². The number of amides is 1. The number of aromatic nitrogens is 1. The summed E-state index contributed by atoms with van der Waals surface area (Å²) in [4.78, 5) is 16.9. The maximum absolute atomic E-state index is 12.3. The van der Waals surface area contributed by atoms with Crippen LogP contribution in [-0.2, 0) is 6.42 Å². The number of carbonyl (C=O) groups excluding carboxylic acids is 1. The smallest absolute Gasteiger partial charge is 0.251 e. The van der Waals surface area contributed by atoms with Crippen LogP contribution in [0.3, 0.4) is 0 Å². The van der Waals surface area contributed by atoms with Crippen molar-refractivity contribution in [3.63, 3.8) is 0 Å². The van der Waals surface area contributed by atoms with E-state index in [1.807, 2.05) is 55.6 Å². The second-order valence-electron chi connectivity index (χ2n) is 6.03. The van der Waals surface area contributed by atoms with Gasteiger partial charge in [-0.1, -0.05) is 40.9 Å². The number of nitrogens with zero attached hydrogens (tertiary/aromatic N) is 1. The van der Waals surface area contributed by atoms with Crippen LogP contribution in [0.4, 0.5) is 0 Å².